The molecule has 0 aromatic rings. The van der Waals surface area contributed by atoms with Crippen LogP contribution in [0.2, 0.25) is 0 Å². The number of carbonyl (C=O) groups is 1. The largest absolute Gasteiger partial charge is 0.497 e. The van der Waals surface area contributed by atoms with E-state index in [1.165, 1.54) is 0 Å². The normalized spacial score (nSPS) is 22.3. The van der Waals surface area contributed by atoms with Gasteiger partial charge in [0.15, 0.2) is 0 Å². The van der Waals surface area contributed by atoms with E-state index in [0.29, 0.717) is 6.41 Å². The van der Waals surface area contributed by atoms with Gasteiger partial charge >= 0.3 is 0 Å². The first-order chi connectivity index (χ1) is 5.36. The van der Waals surface area contributed by atoms with E-state index in [0.717, 1.165) is 12.2 Å². The minimum Gasteiger partial charge on any atom is -0.497 e. The Morgan fingerprint density at radius 1 is 1.82 bits per heavy atom. The van der Waals surface area contributed by atoms with Gasteiger partial charge in [0.05, 0.1) is 13.2 Å². The second-order valence-corrected chi connectivity index (χ2v) is 2.30. The SMILES string of the molecule is COC1=CCC(NC=O)C=C1. The second-order valence-electron chi connectivity index (χ2n) is 2.30. The molecule has 3 nitrogen and oxygen atoms in total. The van der Waals surface area contributed by atoms with Gasteiger partial charge in [-0.25, -0.2) is 0 Å². The van der Waals surface area contributed by atoms with E-state index in [1.54, 1.807) is 7.11 Å². The molecule has 1 amide bonds. The van der Waals surface area contributed by atoms with Crippen LogP contribution in [0, 0.1) is 0 Å². The van der Waals surface area contributed by atoms with Crippen LogP contribution in [-0.2, 0) is 9.53 Å². The Morgan fingerprint density at radius 3 is 3.09 bits per heavy atom. The minimum atomic E-state index is 0.131. The molecule has 0 heterocycles. The van der Waals surface area contributed by atoms with Gasteiger partial charge in [0.2, 0.25) is 6.41 Å². The number of hydrogen-bond donors (Lipinski definition) is 1. The molecule has 0 aromatic heterocycles. The van der Waals surface area contributed by atoms with E-state index < -0.39 is 0 Å². The van der Waals surface area contributed by atoms with Crippen molar-refractivity contribution in [2.24, 2.45) is 0 Å². The predicted molar refractivity (Wildman–Crippen MR) is 41.8 cm³/mol. The highest BCUT2D eigenvalue weighted by molar-refractivity contribution is 5.47. The first-order valence-electron chi connectivity index (χ1n) is 3.49. The Bertz CT molecular complexity index is 196. The van der Waals surface area contributed by atoms with Gasteiger partial charge in [0.1, 0.15) is 5.76 Å². The van der Waals surface area contributed by atoms with Crippen molar-refractivity contribution in [1.29, 1.82) is 0 Å². The lowest BCUT2D eigenvalue weighted by Crippen LogP contribution is -2.26. The van der Waals surface area contributed by atoms with Crippen LogP contribution in [0.3, 0.4) is 0 Å². The molecule has 0 saturated heterocycles. The van der Waals surface area contributed by atoms with Crippen molar-refractivity contribution in [1.82, 2.24) is 5.32 Å². The molecule has 1 aliphatic rings. The third-order valence-electron chi connectivity index (χ3n) is 1.58. The van der Waals surface area contributed by atoms with Crippen molar-refractivity contribution in [3.8, 4) is 0 Å². The molecule has 3 heteroatoms. The average Bonchev–Trinajstić information content (AvgIpc) is 2.07. The topological polar surface area (TPSA) is 38.3 Å². The van der Waals surface area contributed by atoms with Gasteiger partial charge in [-0.05, 0) is 18.6 Å². The summed E-state index contributed by atoms with van der Waals surface area (Å²) in [5.41, 5.74) is 0. The Kier molecular flexibility index (Phi) is 2.72. The summed E-state index contributed by atoms with van der Waals surface area (Å²) >= 11 is 0. The second kappa shape index (κ2) is 3.81. The minimum absolute atomic E-state index is 0.131. The summed E-state index contributed by atoms with van der Waals surface area (Å²) in [6.07, 6.45) is 7.22. The number of hydrogen-bond acceptors (Lipinski definition) is 2. The first kappa shape index (κ1) is 7.85. The maximum Gasteiger partial charge on any atom is 0.207 e. The Balaban J connectivity index is 2.43. The van der Waals surface area contributed by atoms with Crippen molar-refractivity contribution >= 4 is 6.41 Å². The molecule has 1 aliphatic carbocycles. The Hall–Kier alpha value is -1.25. The number of rotatable bonds is 3. The Labute approximate surface area is 65.7 Å². The van der Waals surface area contributed by atoms with E-state index in [-0.39, 0.29) is 6.04 Å². The fourth-order valence-corrected chi connectivity index (χ4v) is 0.963. The van der Waals surface area contributed by atoms with Gasteiger partial charge in [0, 0.05) is 0 Å². The smallest absolute Gasteiger partial charge is 0.207 e. The molecule has 0 saturated carbocycles. The van der Waals surface area contributed by atoms with Gasteiger partial charge in [0.25, 0.3) is 0 Å². The highest BCUT2D eigenvalue weighted by Crippen LogP contribution is 2.09. The first-order valence-corrected chi connectivity index (χ1v) is 3.49. The van der Waals surface area contributed by atoms with Crippen LogP contribution in [0.15, 0.2) is 24.0 Å². The van der Waals surface area contributed by atoms with Crippen LogP contribution in [0.1, 0.15) is 6.42 Å². The number of ether oxygens (including phenoxy) is 1. The lowest BCUT2D eigenvalue weighted by Gasteiger charge is -2.13. The molecule has 0 aromatic carbocycles. The summed E-state index contributed by atoms with van der Waals surface area (Å²) in [5, 5.41) is 2.66. The summed E-state index contributed by atoms with van der Waals surface area (Å²) in [4.78, 5) is 10.0. The summed E-state index contributed by atoms with van der Waals surface area (Å²) in [6, 6.07) is 0.131. The lowest BCUT2D eigenvalue weighted by atomic mass is 10.1. The lowest BCUT2D eigenvalue weighted by molar-refractivity contribution is -0.109. The molecule has 0 radical (unpaired) electrons. The summed E-state index contributed by atoms with van der Waals surface area (Å²) in [7, 11) is 1.63. The monoisotopic (exact) mass is 153 g/mol. The van der Waals surface area contributed by atoms with Gasteiger partial charge in [-0.3, -0.25) is 4.79 Å². The fraction of sp³-hybridized carbons (Fsp3) is 0.375. The molecule has 1 atom stereocenters. The number of allylic oxidation sites excluding steroid dienone is 1. The summed E-state index contributed by atoms with van der Waals surface area (Å²) < 4.78 is 4.98. The highest BCUT2D eigenvalue weighted by atomic mass is 16.5. The van der Waals surface area contributed by atoms with Crippen LogP contribution < -0.4 is 5.32 Å². The van der Waals surface area contributed by atoms with Crippen LogP contribution in [0.4, 0.5) is 0 Å². The molecule has 1 N–H and O–H groups in total. The molecule has 11 heavy (non-hydrogen) atoms. The quantitative estimate of drug-likeness (QED) is 0.603. The van der Waals surface area contributed by atoms with E-state index in [9.17, 15) is 4.79 Å². The van der Waals surface area contributed by atoms with Gasteiger partial charge in [-0.15, -0.1) is 0 Å². The van der Waals surface area contributed by atoms with E-state index in [2.05, 4.69) is 5.32 Å². The molecule has 1 rings (SSSR count). The maximum atomic E-state index is 10.0. The predicted octanol–water partition coefficient (Wildman–Crippen LogP) is 0.591. The molecule has 60 valence electrons. The zero-order chi connectivity index (χ0) is 8.10. The van der Waals surface area contributed by atoms with Gasteiger partial charge in [-0.1, -0.05) is 6.08 Å². The number of methoxy groups -OCH3 is 1. The molecular weight excluding hydrogens is 142 g/mol. The van der Waals surface area contributed by atoms with E-state index in [4.69, 9.17) is 4.74 Å². The molecule has 0 spiro atoms. The van der Waals surface area contributed by atoms with Crippen molar-refractivity contribution < 1.29 is 9.53 Å². The van der Waals surface area contributed by atoms with Crippen LogP contribution in [-0.4, -0.2) is 19.6 Å². The molecule has 0 fully saturated rings. The van der Waals surface area contributed by atoms with Crippen molar-refractivity contribution in [2.45, 2.75) is 12.5 Å². The van der Waals surface area contributed by atoms with Crippen LogP contribution in [0.5, 0.6) is 0 Å². The maximum absolute atomic E-state index is 10.0. The standard InChI is InChI=1S/C8H11NO2/c1-11-8-4-2-7(3-5-8)9-6-10/h2,4-7H,3H2,1H3,(H,9,10). The van der Waals surface area contributed by atoms with E-state index >= 15 is 0 Å². The summed E-state index contributed by atoms with van der Waals surface area (Å²) in [6.45, 7) is 0. The van der Waals surface area contributed by atoms with Crippen LogP contribution in [0.25, 0.3) is 0 Å². The third kappa shape index (κ3) is 2.11. The zero-order valence-corrected chi connectivity index (χ0v) is 6.41. The number of amides is 1. The third-order valence-corrected chi connectivity index (χ3v) is 1.58. The molecule has 0 aliphatic heterocycles. The number of carbonyl (C=O) groups excluding carboxylic acids is 1. The van der Waals surface area contributed by atoms with Crippen molar-refractivity contribution in [3.05, 3.63) is 24.0 Å². The van der Waals surface area contributed by atoms with Crippen LogP contribution >= 0.6 is 0 Å². The van der Waals surface area contributed by atoms with Gasteiger partial charge in [-0.2, -0.15) is 0 Å². The Morgan fingerprint density at radius 2 is 2.64 bits per heavy atom. The summed E-state index contributed by atoms with van der Waals surface area (Å²) in [5.74, 6) is 0.856. The van der Waals surface area contributed by atoms with Crippen molar-refractivity contribution in [3.63, 3.8) is 0 Å². The molecule has 1 unspecified atom stereocenters. The zero-order valence-electron chi connectivity index (χ0n) is 6.41. The molecular formula is C8H11NO2. The van der Waals surface area contributed by atoms with Gasteiger partial charge < -0.3 is 10.1 Å². The van der Waals surface area contributed by atoms with E-state index in [1.807, 2.05) is 18.2 Å². The van der Waals surface area contributed by atoms with Crippen molar-refractivity contribution in [2.75, 3.05) is 7.11 Å². The number of nitrogens with one attached hydrogen (secondary N) is 1. The fourth-order valence-electron chi connectivity index (χ4n) is 0.963. The highest BCUT2D eigenvalue weighted by Gasteiger charge is 2.05. The molecule has 0 bridgehead atoms. The average molecular weight is 153 g/mol.